The summed E-state index contributed by atoms with van der Waals surface area (Å²) in [5.74, 6) is -0.905. The quantitative estimate of drug-likeness (QED) is 0.154. The van der Waals surface area contributed by atoms with Gasteiger partial charge in [0.05, 0.1) is 17.2 Å². The predicted molar refractivity (Wildman–Crippen MR) is 138 cm³/mol. The van der Waals surface area contributed by atoms with Crippen LogP contribution >= 0.6 is 0 Å². The fourth-order valence-electron chi connectivity index (χ4n) is 4.15. The first-order valence-electron chi connectivity index (χ1n) is 12.2. The van der Waals surface area contributed by atoms with E-state index >= 15 is 0 Å². The van der Waals surface area contributed by atoms with Crippen LogP contribution in [0.3, 0.4) is 0 Å². The van der Waals surface area contributed by atoms with Crippen molar-refractivity contribution in [3.8, 4) is 0 Å². The number of aryl methyl sites for hydroxylation is 2. The molecule has 0 N–H and O–H groups in total. The number of hydrogen-bond donors (Lipinski definition) is 0. The molecule has 0 saturated carbocycles. The van der Waals surface area contributed by atoms with Crippen LogP contribution in [0.25, 0.3) is 10.4 Å². The van der Waals surface area contributed by atoms with E-state index < -0.39 is 24.1 Å². The van der Waals surface area contributed by atoms with Gasteiger partial charge in [-0.2, -0.15) is 0 Å². The number of carbonyl (C=O) groups is 2. The summed E-state index contributed by atoms with van der Waals surface area (Å²) in [5, 5.41) is 3.57. The van der Waals surface area contributed by atoms with Crippen molar-refractivity contribution in [1.82, 2.24) is 0 Å². The summed E-state index contributed by atoms with van der Waals surface area (Å²) in [6.45, 7) is 4.24. The van der Waals surface area contributed by atoms with Gasteiger partial charge in [0.1, 0.15) is 18.8 Å². The normalized spacial score (nSPS) is 18.6. The molecule has 8 nitrogen and oxygen atoms in total. The molecule has 1 heterocycles. The minimum Gasteiger partial charge on any atom is -0.459 e. The molecule has 3 atom stereocenters. The standard InChI is InChI=1S/C29H29N3O5/c1-19-3-9-23(10-4-19)28(33)35-18-27-26(37-29(34)24-11-5-20(2)6-12-24)17-25(36-27)22-13-7-21(8-14-22)15-16-31-32-30/h3-14,25-27H,15-18H2,1-2H3/t25-,26-,27+/m0/s1. The highest BCUT2D eigenvalue weighted by molar-refractivity contribution is 5.90. The smallest absolute Gasteiger partial charge is 0.338 e. The Labute approximate surface area is 215 Å². The Morgan fingerprint density at radius 3 is 2.11 bits per heavy atom. The SMILES string of the molecule is Cc1ccc(C(=O)OC[C@H]2O[C@H](c3ccc(CCN=[N+]=[N-])cc3)C[C@@H]2OC(=O)c2ccc(C)cc2)cc1. The van der Waals surface area contributed by atoms with Crippen molar-refractivity contribution in [3.63, 3.8) is 0 Å². The van der Waals surface area contributed by atoms with Gasteiger partial charge in [0.15, 0.2) is 0 Å². The monoisotopic (exact) mass is 499 g/mol. The lowest BCUT2D eigenvalue weighted by molar-refractivity contribution is -0.0427. The van der Waals surface area contributed by atoms with Crippen LogP contribution in [0.5, 0.6) is 0 Å². The minimum absolute atomic E-state index is 0.0424. The van der Waals surface area contributed by atoms with Gasteiger partial charge in [-0.3, -0.25) is 0 Å². The van der Waals surface area contributed by atoms with Crippen molar-refractivity contribution in [2.24, 2.45) is 5.11 Å². The Hall–Kier alpha value is -4.13. The average molecular weight is 500 g/mol. The molecule has 1 fully saturated rings. The van der Waals surface area contributed by atoms with E-state index in [2.05, 4.69) is 10.0 Å². The molecule has 1 aliphatic heterocycles. The van der Waals surface area contributed by atoms with Crippen LogP contribution in [0.15, 0.2) is 77.9 Å². The van der Waals surface area contributed by atoms with E-state index in [0.717, 1.165) is 22.3 Å². The molecule has 0 aliphatic carbocycles. The summed E-state index contributed by atoms with van der Waals surface area (Å²) < 4.78 is 17.6. The Morgan fingerprint density at radius 2 is 1.51 bits per heavy atom. The summed E-state index contributed by atoms with van der Waals surface area (Å²) in [4.78, 5) is 28.2. The van der Waals surface area contributed by atoms with Crippen molar-refractivity contribution in [2.45, 2.75) is 45.0 Å². The lowest BCUT2D eigenvalue weighted by Gasteiger charge is -2.19. The Morgan fingerprint density at radius 1 is 0.919 bits per heavy atom. The van der Waals surface area contributed by atoms with Crippen molar-refractivity contribution in [1.29, 1.82) is 0 Å². The van der Waals surface area contributed by atoms with Crippen LogP contribution in [-0.4, -0.2) is 37.3 Å². The van der Waals surface area contributed by atoms with E-state index in [0.29, 0.717) is 30.5 Å². The molecular weight excluding hydrogens is 470 g/mol. The van der Waals surface area contributed by atoms with Gasteiger partial charge in [-0.05, 0) is 61.2 Å². The van der Waals surface area contributed by atoms with Crippen molar-refractivity contribution < 1.29 is 23.8 Å². The van der Waals surface area contributed by atoms with Crippen LogP contribution < -0.4 is 0 Å². The second-order valence-electron chi connectivity index (χ2n) is 9.12. The molecule has 3 aromatic rings. The molecule has 1 aliphatic rings. The van der Waals surface area contributed by atoms with Gasteiger partial charge in [0.25, 0.3) is 0 Å². The summed E-state index contributed by atoms with van der Waals surface area (Å²) in [6.07, 6.45) is -0.454. The summed E-state index contributed by atoms with van der Waals surface area (Å²) in [7, 11) is 0. The second-order valence-corrected chi connectivity index (χ2v) is 9.12. The largest absolute Gasteiger partial charge is 0.459 e. The fourth-order valence-corrected chi connectivity index (χ4v) is 4.15. The first kappa shape index (κ1) is 25.9. The first-order chi connectivity index (χ1) is 17.9. The van der Waals surface area contributed by atoms with Crippen LogP contribution in [0.2, 0.25) is 0 Å². The zero-order valence-electron chi connectivity index (χ0n) is 20.9. The predicted octanol–water partition coefficient (Wildman–Crippen LogP) is 6.07. The number of rotatable bonds is 9. The van der Waals surface area contributed by atoms with Crippen LogP contribution in [0, 0.1) is 13.8 Å². The minimum atomic E-state index is -0.613. The molecule has 0 aromatic heterocycles. The van der Waals surface area contributed by atoms with Crippen LogP contribution in [0.4, 0.5) is 0 Å². The molecule has 0 radical (unpaired) electrons. The molecule has 8 heteroatoms. The summed E-state index contributed by atoms with van der Waals surface area (Å²) in [6, 6.07) is 22.1. The van der Waals surface area contributed by atoms with E-state index in [1.165, 1.54) is 0 Å². The van der Waals surface area contributed by atoms with Gasteiger partial charge in [-0.15, -0.1) is 0 Å². The van der Waals surface area contributed by atoms with Gasteiger partial charge >= 0.3 is 11.9 Å². The molecule has 3 aromatic carbocycles. The summed E-state index contributed by atoms with van der Waals surface area (Å²) >= 11 is 0. The zero-order chi connectivity index (χ0) is 26.2. The average Bonchev–Trinajstić information content (AvgIpc) is 3.31. The number of benzene rings is 3. The molecule has 1 saturated heterocycles. The number of azide groups is 1. The Bertz CT molecular complexity index is 1270. The van der Waals surface area contributed by atoms with Crippen LogP contribution in [0.1, 0.15) is 55.5 Å². The molecule has 190 valence electrons. The Balaban J connectivity index is 1.46. The maximum absolute atomic E-state index is 12.8. The van der Waals surface area contributed by atoms with E-state index in [4.69, 9.17) is 19.7 Å². The van der Waals surface area contributed by atoms with Gasteiger partial charge < -0.3 is 14.2 Å². The second kappa shape index (κ2) is 12.2. The number of ether oxygens (including phenoxy) is 3. The highest BCUT2D eigenvalue weighted by Gasteiger charge is 2.39. The van der Waals surface area contributed by atoms with Crippen molar-refractivity contribution in [3.05, 3.63) is 117 Å². The van der Waals surface area contributed by atoms with Gasteiger partial charge in [0, 0.05) is 17.9 Å². The molecular formula is C29H29N3O5. The van der Waals surface area contributed by atoms with Gasteiger partial charge in [-0.1, -0.05) is 64.8 Å². The number of hydrogen-bond acceptors (Lipinski definition) is 6. The Kier molecular flexibility index (Phi) is 8.56. The van der Waals surface area contributed by atoms with E-state index in [1.54, 1.807) is 24.3 Å². The third-order valence-electron chi connectivity index (χ3n) is 6.33. The van der Waals surface area contributed by atoms with E-state index in [-0.39, 0.29) is 12.7 Å². The number of carbonyl (C=O) groups excluding carboxylic acids is 2. The zero-order valence-corrected chi connectivity index (χ0v) is 20.9. The van der Waals surface area contributed by atoms with E-state index in [9.17, 15) is 9.59 Å². The van der Waals surface area contributed by atoms with Gasteiger partial charge in [-0.25, -0.2) is 9.59 Å². The number of esters is 2. The lowest BCUT2D eigenvalue weighted by atomic mass is 10.0. The maximum Gasteiger partial charge on any atom is 0.338 e. The topological polar surface area (TPSA) is 111 Å². The fraction of sp³-hybridized carbons (Fsp3) is 0.310. The number of nitrogens with zero attached hydrogens (tertiary/aromatic N) is 3. The highest BCUT2D eigenvalue weighted by Crippen LogP contribution is 2.35. The van der Waals surface area contributed by atoms with Crippen molar-refractivity contribution in [2.75, 3.05) is 13.2 Å². The molecule has 0 spiro atoms. The third kappa shape index (κ3) is 6.97. The molecule has 0 amide bonds. The van der Waals surface area contributed by atoms with Crippen molar-refractivity contribution >= 4 is 11.9 Å². The lowest BCUT2D eigenvalue weighted by Crippen LogP contribution is -2.32. The third-order valence-corrected chi connectivity index (χ3v) is 6.33. The maximum atomic E-state index is 12.8. The van der Waals surface area contributed by atoms with E-state index in [1.807, 2.05) is 62.4 Å². The van der Waals surface area contributed by atoms with Crippen LogP contribution in [-0.2, 0) is 20.6 Å². The molecule has 37 heavy (non-hydrogen) atoms. The molecule has 0 unspecified atom stereocenters. The summed E-state index contributed by atoms with van der Waals surface area (Å²) in [5.41, 5.74) is 13.4. The molecule has 0 bridgehead atoms. The van der Waals surface area contributed by atoms with Gasteiger partial charge in [0.2, 0.25) is 0 Å². The highest BCUT2D eigenvalue weighted by atomic mass is 16.6. The molecule has 4 rings (SSSR count). The first-order valence-corrected chi connectivity index (χ1v) is 12.2.